The molecule has 5 rings (SSSR count). The van der Waals surface area contributed by atoms with Crippen molar-refractivity contribution in [3.8, 4) is 5.88 Å². The molecule has 0 saturated heterocycles. The Hall–Kier alpha value is -4.66. The number of anilines is 1. The molecule has 9 nitrogen and oxygen atoms in total. The van der Waals surface area contributed by atoms with Crippen LogP contribution in [-0.4, -0.2) is 42.4 Å². The number of aromatic amines is 3. The molecule has 5 N–H and O–H groups in total. The highest BCUT2D eigenvalue weighted by Crippen LogP contribution is 2.28. The predicted molar refractivity (Wildman–Crippen MR) is 122 cm³/mol. The number of aliphatic imine (C=N–C) groups is 1. The number of imidazole rings is 1. The Bertz CT molecular complexity index is 1400. The molecule has 3 heterocycles. The van der Waals surface area contributed by atoms with E-state index in [1.54, 1.807) is 24.7 Å². The molecule has 9 heteroatoms. The fraction of sp³-hybridized carbons (Fsp3) is 0.0435. The fourth-order valence-electron chi connectivity index (χ4n) is 3.52. The smallest absolute Gasteiger partial charge is 0.291 e. The van der Waals surface area contributed by atoms with Crippen LogP contribution in [0.3, 0.4) is 0 Å². The standard InChI is InChI=1S/C23H19N7O2/c31-22-18(13-26-20-6-7-27-30-20)17-12-15(4-5-19(17)29-22)10-14-2-1-3-16(11-14)28-23(32)21-24-8-9-25-21/h1-9,11-13,29,31H,10H2,(H,24,25)(H,27,30)(H,28,32). The first-order valence-electron chi connectivity index (χ1n) is 9.92. The first-order chi connectivity index (χ1) is 15.7. The van der Waals surface area contributed by atoms with Gasteiger partial charge < -0.3 is 20.4 Å². The Kier molecular flexibility index (Phi) is 4.97. The number of amides is 1. The number of fused-ring (bicyclic) bond motifs is 1. The second kappa shape index (κ2) is 8.23. The summed E-state index contributed by atoms with van der Waals surface area (Å²) in [4.78, 5) is 26.3. The Labute approximate surface area is 182 Å². The number of hydrogen-bond acceptors (Lipinski definition) is 5. The zero-order valence-corrected chi connectivity index (χ0v) is 16.8. The molecule has 0 spiro atoms. The number of carbonyl (C=O) groups is 1. The first-order valence-corrected chi connectivity index (χ1v) is 9.92. The number of nitrogens with one attached hydrogen (secondary N) is 4. The molecule has 0 unspecified atom stereocenters. The lowest BCUT2D eigenvalue weighted by atomic mass is 10.0. The SMILES string of the molecule is O=C(Nc1cccc(Cc2ccc3[nH]c(O)c(C=Nc4ccn[nH]4)c3c2)c1)c1ncc[nH]1. The summed E-state index contributed by atoms with van der Waals surface area (Å²) in [5.41, 5.74) is 4.21. The van der Waals surface area contributed by atoms with Crippen molar-refractivity contribution in [3.63, 3.8) is 0 Å². The normalized spacial score (nSPS) is 11.4. The molecule has 0 atom stereocenters. The average Bonchev–Trinajstić information content (AvgIpc) is 3.54. The number of rotatable bonds is 6. The van der Waals surface area contributed by atoms with E-state index in [-0.39, 0.29) is 17.6 Å². The number of hydrogen-bond donors (Lipinski definition) is 5. The monoisotopic (exact) mass is 425 g/mol. The van der Waals surface area contributed by atoms with Crippen molar-refractivity contribution in [2.45, 2.75) is 6.42 Å². The lowest BCUT2D eigenvalue weighted by Crippen LogP contribution is -2.13. The highest BCUT2D eigenvalue weighted by Gasteiger charge is 2.11. The van der Waals surface area contributed by atoms with E-state index in [1.165, 1.54) is 6.20 Å². The van der Waals surface area contributed by atoms with Gasteiger partial charge in [0.15, 0.2) is 11.7 Å². The maximum Gasteiger partial charge on any atom is 0.291 e. The van der Waals surface area contributed by atoms with Gasteiger partial charge in [-0.15, -0.1) is 0 Å². The largest absolute Gasteiger partial charge is 0.494 e. The van der Waals surface area contributed by atoms with Crippen LogP contribution in [0.1, 0.15) is 27.3 Å². The van der Waals surface area contributed by atoms with Crippen molar-refractivity contribution < 1.29 is 9.90 Å². The summed E-state index contributed by atoms with van der Waals surface area (Å²) in [5.74, 6) is 0.626. The molecule has 0 aliphatic carbocycles. The van der Waals surface area contributed by atoms with Crippen LogP contribution < -0.4 is 5.32 Å². The van der Waals surface area contributed by atoms with Gasteiger partial charge in [-0.05, 0) is 41.8 Å². The van der Waals surface area contributed by atoms with Crippen LogP contribution in [0.15, 0.2) is 72.1 Å². The number of H-pyrrole nitrogens is 3. The summed E-state index contributed by atoms with van der Waals surface area (Å²) in [7, 11) is 0. The summed E-state index contributed by atoms with van der Waals surface area (Å²) in [5, 5.41) is 20.7. The van der Waals surface area contributed by atoms with Gasteiger partial charge in [0, 0.05) is 41.3 Å². The van der Waals surface area contributed by atoms with Crippen LogP contribution in [0.2, 0.25) is 0 Å². The number of nitrogens with zero attached hydrogens (tertiary/aromatic N) is 3. The van der Waals surface area contributed by atoms with E-state index in [1.807, 2.05) is 42.5 Å². The molecule has 5 aromatic rings. The van der Waals surface area contributed by atoms with Gasteiger partial charge in [0.1, 0.15) is 5.82 Å². The summed E-state index contributed by atoms with van der Waals surface area (Å²) in [6, 6.07) is 15.4. The second-order valence-corrected chi connectivity index (χ2v) is 7.24. The van der Waals surface area contributed by atoms with E-state index in [4.69, 9.17) is 0 Å². The molecule has 1 amide bonds. The maximum absolute atomic E-state index is 12.2. The van der Waals surface area contributed by atoms with Crippen LogP contribution in [0.25, 0.3) is 10.9 Å². The molecular weight excluding hydrogens is 406 g/mol. The molecule has 0 radical (unpaired) electrons. The third-order valence-electron chi connectivity index (χ3n) is 5.01. The lowest BCUT2D eigenvalue weighted by molar-refractivity contribution is 0.101. The fourth-order valence-corrected chi connectivity index (χ4v) is 3.52. The zero-order chi connectivity index (χ0) is 21.9. The molecule has 0 saturated carbocycles. The van der Waals surface area contributed by atoms with E-state index >= 15 is 0 Å². The number of benzene rings is 2. The molecule has 0 aliphatic rings. The summed E-state index contributed by atoms with van der Waals surface area (Å²) >= 11 is 0. The third kappa shape index (κ3) is 3.99. The predicted octanol–water partition coefficient (Wildman–Crippen LogP) is 3.91. The number of aromatic nitrogens is 5. The van der Waals surface area contributed by atoms with Crippen molar-refractivity contribution >= 4 is 34.5 Å². The topological polar surface area (TPSA) is 135 Å². The van der Waals surface area contributed by atoms with Gasteiger partial charge in [-0.3, -0.25) is 9.89 Å². The number of carbonyl (C=O) groups excluding carboxylic acids is 1. The Balaban J connectivity index is 1.38. The average molecular weight is 425 g/mol. The molecule has 0 bridgehead atoms. The summed E-state index contributed by atoms with van der Waals surface area (Å²) in [6.07, 6.45) is 7.02. The van der Waals surface area contributed by atoms with Crippen LogP contribution in [-0.2, 0) is 6.42 Å². The van der Waals surface area contributed by atoms with Crippen LogP contribution in [0, 0.1) is 0 Å². The Morgan fingerprint density at radius 2 is 2.03 bits per heavy atom. The van der Waals surface area contributed by atoms with Crippen molar-refractivity contribution in [2.24, 2.45) is 4.99 Å². The van der Waals surface area contributed by atoms with Gasteiger partial charge in [0.05, 0.1) is 11.8 Å². The van der Waals surface area contributed by atoms with Gasteiger partial charge in [0.25, 0.3) is 5.91 Å². The number of aromatic hydroxyl groups is 1. The van der Waals surface area contributed by atoms with Gasteiger partial charge in [-0.1, -0.05) is 18.2 Å². The van der Waals surface area contributed by atoms with Crippen LogP contribution in [0.4, 0.5) is 11.5 Å². The summed E-state index contributed by atoms with van der Waals surface area (Å²) < 4.78 is 0. The molecular formula is C23H19N7O2. The molecule has 158 valence electrons. The van der Waals surface area contributed by atoms with Gasteiger partial charge in [0.2, 0.25) is 0 Å². The quantitative estimate of drug-likeness (QED) is 0.264. The molecule has 0 fully saturated rings. The maximum atomic E-state index is 12.2. The molecule has 3 aromatic heterocycles. The van der Waals surface area contributed by atoms with Crippen LogP contribution >= 0.6 is 0 Å². The minimum absolute atomic E-state index is 0.0584. The van der Waals surface area contributed by atoms with E-state index < -0.39 is 0 Å². The Morgan fingerprint density at radius 1 is 1.12 bits per heavy atom. The highest BCUT2D eigenvalue weighted by molar-refractivity contribution is 6.03. The van der Waals surface area contributed by atoms with E-state index in [9.17, 15) is 9.90 Å². The van der Waals surface area contributed by atoms with Crippen molar-refractivity contribution in [2.75, 3.05) is 5.32 Å². The van der Waals surface area contributed by atoms with E-state index in [0.29, 0.717) is 23.5 Å². The van der Waals surface area contributed by atoms with Gasteiger partial charge >= 0.3 is 0 Å². The van der Waals surface area contributed by atoms with E-state index in [0.717, 1.165) is 22.0 Å². The van der Waals surface area contributed by atoms with Gasteiger partial charge in [-0.2, -0.15) is 5.10 Å². The summed E-state index contributed by atoms with van der Waals surface area (Å²) in [6.45, 7) is 0. The first kappa shape index (κ1) is 19.3. The van der Waals surface area contributed by atoms with Crippen LogP contribution in [0.5, 0.6) is 5.88 Å². The van der Waals surface area contributed by atoms with Crippen molar-refractivity contribution in [3.05, 3.63) is 89.6 Å². The highest BCUT2D eigenvalue weighted by atomic mass is 16.3. The minimum atomic E-state index is -0.294. The molecule has 2 aromatic carbocycles. The second-order valence-electron chi connectivity index (χ2n) is 7.24. The lowest BCUT2D eigenvalue weighted by Gasteiger charge is -2.07. The van der Waals surface area contributed by atoms with Crippen molar-refractivity contribution in [1.82, 2.24) is 25.1 Å². The van der Waals surface area contributed by atoms with Crippen molar-refractivity contribution in [1.29, 1.82) is 0 Å². The van der Waals surface area contributed by atoms with Gasteiger partial charge in [-0.25, -0.2) is 9.98 Å². The minimum Gasteiger partial charge on any atom is -0.494 e. The molecule has 32 heavy (non-hydrogen) atoms. The Morgan fingerprint density at radius 3 is 2.84 bits per heavy atom. The zero-order valence-electron chi connectivity index (χ0n) is 16.8. The van der Waals surface area contributed by atoms with E-state index in [2.05, 4.69) is 35.5 Å². The molecule has 0 aliphatic heterocycles. The third-order valence-corrected chi connectivity index (χ3v) is 5.01.